The Bertz CT molecular complexity index is 514. The second-order valence-corrected chi connectivity index (χ2v) is 4.41. The molecule has 0 bridgehead atoms. The summed E-state index contributed by atoms with van der Waals surface area (Å²) in [7, 11) is 0. The van der Waals surface area contributed by atoms with Gasteiger partial charge in [-0.25, -0.2) is 0 Å². The Kier molecular flexibility index (Phi) is 3.41. The number of fused-ring (bicyclic) bond motifs is 1. The summed E-state index contributed by atoms with van der Waals surface area (Å²) >= 11 is 3.42. The van der Waals surface area contributed by atoms with E-state index in [1.54, 1.807) is 0 Å². The summed E-state index contributed by atoms with van der Waals surface area (Å²) < 4.78 is 6.48. The lowest BCUT2D eigenvalue weighted by atomic mass is 10.2. The second-order valence-electron chi connectivity index (χ2n) is 3.50. The van der Waals surface area contributed by atoms with E-state index < -0.39 is 0 Å². The van der Waals surface area contributed by atoms with Crippen LogP contribution in [0.3, 0.4) is 0 Å². The lowest BCUT2D eigenvalue weighted by molar-refractivity contribution is 0.202. The molecule has 1 N–H and O–H groups in total. The predicted molar refractivity (Wildman–Crippen MR) is 66.8 cm³/mol. The van der Waals surface area contributed by atoms with Gasteiger partial charge in [-0.1, -0.05) is 15.9 Å². The summed E-state index contributed by atoms with van der Waals surface area (Å²) in [5.41, 5.74) is 1.80. The maximum atomic E-state index is 8.77. The highest BCUT2D eigenvalue weighted by molar-refractivity contribution is 9.10. The number of benzene rings is 1. The molecule has 3 nitrogen and oxygen atoms in total. The first-order chi connectivity index (χ1) is 7.70. The van der Waals surface area contributed by atoms with Crippen molar-refractivity contribution in [1.82, 2.24) is 4.98 Å². The number of hydrogen-bond donors (Lipinski definition) is 1. The summed E-state index contributed by atoms with van der Waals surface area (Å²) in [6, 6.07) is 7.74. The van der Waals surface area contributed by atoms with Gasteiger partial charge in [0.1, 0.15) is 12.4 Å². The number of aliphatic hydroxyl groups excluding tert-OH is 1. The molecule has 0 aliphatic rings. The van der Waals surface area contributed by atoms with Crippen LogP contribution < -0.4 is 4.74 Å². The van der Waals surface area contributed by atoms with Crippen LogP contribution in [0.2, 0.25) is 0 Å². The van der Waals surface area contributed by atoms with E-state index in [1.165, 1.54) is 0 Å². The van der Waals surface area contributed by atoms with Crippen molar-refractivity contribution in [3.05, 3.63) is 34.4 Å². The molecule has 84 valence electrons. The maximum absolute atomic E-state index is 8.77. The SMILES string of the molecule is Cc1cc(OCCO)c2cc(Br)ccc2n1. The Morgan fingerprint density at radius 2 is 2.19 bits per heavy atom. The summed E-state index contributed by atoms with van der Waals surface area (Å²) in [5.74, 6) is 0.762. The molecule has 0 atom stereocenters. The first-order valence-electron chi connectivity index (χ1n) is 5.01. The second kappa shape index (κ2) is 4.80. The molecule has 0 saturated heterocycles. The van der Waals surface area contributed by atoms with Gasteiger partial charge in [0.2, 0.25) is 0 Å². The standard InChI is InChI=1S/C12H12BrNO2/c1-8-6-12(16-5-4-15)10-7-9(13)2-3-11(10)14-8/h2-3,6-7,15H,4-5H2,1H3. The highest BCUT2D eigenvalue weighted by Gasteiger charge is 2.05. The largest absolute Gasteiger partial charge is 0.490 e. The number of aryl methyl sites for hydroxylation is 1. The molecule has 1 heterocycles. The third-order valence-corrected chi connectivity index (χ3v) is 2.70. The number of aromatic nitrogens is 1. The van der Waals surface area contributed by atoms with E-state index in [9.17, 15) is 0 Å². The lowest BCUT2D eigenvalue weighted by Gasteiger charge is -2.09. The molecule has 0 saturated carbocycles. The Balaban J connectivity index is 2.55. The van der Waals surface area contributed by atoms with Gasteiger partial charge < -0.3 is 9.84 Å². The molecule has 0 unspecified atom stereocenters. The number of nitrogens with zero attached hydrogens (tertiary/aromatic N) is 1. The summed E-state index contributed by atoms with van der Waals surface area (Å²) in [6.45, 7) is 2.23. The van der Waals surface area contributed by atoms with Gasteiger partial charge in [0, 0.05) is 21.6 Å². The molecule has 1 aromatic heterocycles. The van der Waals surface area contributed by atoms with Gasteiger partial charge in [-0.3, -0.25) is 4.98 Å². The minimum atomic E-state index is 0.0108. The Morgan fingerprint density at radius 3 is 2.94 bits per heavy atom. The van der Waals surface area contributed by atoms with Crippen molar-refractivity contribution in [2.45, 2.75) is 6.92 Å². The van der Waals surface area contributed by atoms with Crippen molar-refractivity contribution < 1.29 is 9.84 Å². The molecular formula is C12H12BrNO2. The average Bonchev–Trinajstić information content (AvgIpc) is 2.26. The van der Waals surface area contributed by atoms with Gasteiger partial charge in [0.05, 0.1) is 12.1 Å². The third kappa shape index (κ3) is 2.33. The van der Waals surface area contributed by atoms with E-state index in [2.05, 4.69) is 20.9 Å². The van der Waals surface area contributed by atoms with Crippen LogP contribution >= 0.6 is 15.9 Å². The Labute approximate surface area is 102 Å². The highest BCUT2D eigenvalue weighted by Crippen LogP contribution is 2.28. The third-order valence-electron chi connectivity index (χ3n) is 2.21. The molecule has 0 radical (unpaired) electrons. The number of aliphatic hydroxyl groups is 1. The number of rotatable bonds is 3. The van der Waals surface area contributed by atoms with Gasteiger partial charge in [0.15, 0.2) is 0 Å². The number of ether oxygens (including phenoxy) is 1. The van der Waals surface area contributed by atoms with Crippen molar-refractivity contribution in [2.75, 3.05) is 13.2 Å². The van der Waals surface area contributed by atoms with E-state index in [-0.39, 0.29) is 6.61 Å². The minimum Gasteiger partial charge on any atom is -0.490 e. The van der Waals surface area contributed by atoms with Crippen molar-refractivity contribution in [1.29, 1.82) is 0 Å². The van der Waals surface area contributed by atoms with Gasteiger partial charge in [-0.15, -0.1) is 0 Å². The minimum absolute atomic E-state index is 0.0108. The van der Waals surface area contributed by atoms with E-state index >= 15 is 0 Å². The van der Waals surface area contributed by atoms with Crippen molar-refractivity contribution >= 4 is 26.8 Å². The van der Waals surface area contributed by atoms with Crippen LogP contribution in [0, 0.1) is 6.92 Å². The molecule has 16 heavy (non-hydrogen) atoms. The van der Waals surface area contributed by atoms with Gasteiger partial charge in [0.25, 0.3) is 0 Å². The van der Waals surface area contributed by atoms with Crippen LogP contribution in [0.15, 0.2) is 28.7 Å². The van der Waals surface area contributed by atoms with Crippen LogP contribution in [0.1, 0.15) is 5.69 Å². The van der Waals surface area contributed by atoms with Crippen LogP contribution in [-0.4, -0.2) is 23.3 Å². The number of hydrogen-bond acceptors (Lipinski definition) is 3. The fraction of sp³-hybridized carbons (Fsp3) is 0.250. The zero-order chi connectivity index (χ0) is 11.5. The first kappa shape index (κ1) is 11.4. The molecule has 0 amide bonds. The average molecular weight is 282 g/mol. The molecule has 0 aliphatic carbocycles. The molecular weight excluding hydrogens is 270 g/mol. The van der Waals surface area contributed by atoms with Crippen LogP contribution in [0.4, 0.5) is 0 Å². The lowest BCUT2D eigenvalue weighted by Crippen LogP contribution is -2.02. The Hall–Kier alpha value is -1.13. The fourth-order valence-electron chi connectivity index (χ4n) is 1.57. The van der Waals surface area contributed by atoms with E-state index in [0.29, 0.717) is 6.61 Å². The molecule has 4 heteroatoms. The fourth-order valence-corrected chi connectivity index (χ4v) is 1.93. The molecule has 1 aromatic carbocycles. The zero-order valence-electron chi connectivity index (χ0n) is 8.90. The normalized spacial score (nSPS) is 10.7. The van der Waals surface area contributed by atoms with Gasteiger partial charge >= 0.3 is 0 Å². The molecule has 2 rings (SSSR count). The Morgan fingerprint density at radius 1 is 1.38 bits per heavy atom. The smallest absolute Gasteiger partial charge is 0.130 e. The van der Waals surface area contributed by atoms with E-state index in [1.807, 2.05) is 31.2 Å². The van der Waals surface area contributed by atoms with Gasteiger partial charge in [-0.05, 0) is 25.1 Å². The summed E-state index contributed by atoms with van der Waals surface area (Å²) in [4.78, 5) is 4.42. The van der Waals surface area contributed by atoms with E-state index in [4.69, 9.17) is 9.84 Å². The summed E-state index contributed by atoms with van der Waals surface area (Å²) in [5, 5.41) is 9.73. The number of pyridine rings is 1. The van der Waals surface area contributed by atoms with E-state index in [0.717, 1.165) is 26.8 Å². The summed E-state index contributed by atoms with van der Waals surface area (Å²) in [6.07, 6.45) is 0. The van der Waals surface area contributed by atoms with Crippen molar-refractivity contribution in [2.24, 2.45) is 0 Å². The quantitative estimate of drug-likeness (QED) is 0.941. The highest BCUT2D eigenvalue weighted by atomic mass is 79.9. The maximum Gasteiger partial charge on any atom is 0.130 e. The van der Waals surface area contributed by atoms with Crippen LogP contribution in [-0.2, 0) is 0 Å². The van der Waals surface area contributed by atoms with Gasteiger partial charge in [-0.2, -0.15) is 0 Å². The topological polar surface area (TPSA) is 42.4 Å². The molecule has 2 aromatic rings. The van der Waals surface area contributed by atoms with Crippen LogP contribution in [0.5, 0.6) is 5.75 Å². The molecule has 0 fully saturated rings. The van der Waals surface area contributed by atoms with Crippen molar-refractivity contribution in [3.8, 4) is 5.75 Å². The molecule has 0 spiro atoms. The monoisotopic (exact) mass is 281 g/mol. The molecule has 0 aliphatic heterocycles. The van der Waals surface area contributed by atoms with Crippen LogP contribution in [0.25, 0.3) is 10.9 Å². The van der Waals surface area contributed by atoms with Crippen molar-refractivity contribution in [3.63, 3.8) is 0 Å². The predicted octanol–water partition coefficient (Wildman–Crippen LogP) is 2.68. The zero-order valence-corrected chi connectivity index (χ0v) is 10.5. The first-order valence-corrected chi connectivity index (χ1v) is 5.80. The number of halogens is 1.